The third kappa shape index (κ3) is 28.1. The van der Waals surface area contributed by atoms with Gasteiger partial charge in [0.15, 0.2) is 6.10 Å². The lowest BCUT2D eigenvalue weighted by atomic mass is 9.85. The third-order valence-electron chi connectivity index (χ3n) is 10.1. The van der Waals surface area contributed by atoms with E-state index in [1.165, 1.54) is 38.5 Å². The van der Waals surface area contributed by atoms with Crippen LogP contribution in [-0.2, 0) is 32.7 Å². The first-order chi connectivity index (χ1) is 28.4. The van der Waals surface area contributed by atoms with Gasteiger partial charge in [0.1, 0.15) is 43.2 Å². The summed E-state index contributed by atoms with van der Waals surface area (Å²) < 4.78 is 33.1. The lowest BCUT2D eigenvalue weighted by molar-refractivity contribution is -0.261. The van der Waals surface area contributed by atoms with E-state index >= 15 is 0 Å². The molecule has 5 N–H and O–H groups in total. The van der Waals surface area contributed by atoms with Crippen LogP contribution in [0.4, 0.5) is 0 Å². The average molecular weight is 858 g/mol. The molecule has 59 heavy (non-hydrogen) atoms. The van der Waals surface area contributed by atoms with Gasteiger partial charge in [0, 0.05) is 12.8 Å². The lowest BCUT2D eigenvalue weighted by Crippen LogP contribution is -2.64. The minimum atomic E-state index is -5.37. The fourth-order valence-corrected chi connectivity index (χ4v) is 7.41. The van der Waals surface area contributed by atoms with Crippen LogP contribution in [0.15, 0.2) is 48.6 Å². The maximum Gasteiger partial charge on any atom is 0.306 e. The number of hydrogen-bond acceptors (Lipinski definition) is 13. The lowest BCUT2D eigenvalue weighted by Gasteiger charge is -2.43. The summed E-state index contributed by atoms with van der Waals surface area (Å²) in [7, 11) is -5.37. The van der Waals surface area contributed by atoms with Crippen molar-refractivity contribution in [3.8, 4) is 0 Å². The Morgan fingerprint density at radius 3 is 1.39 bits per heavy atom. The first kappa shape index (κ1) is 54.8. The van der Waals surface area contributed by atoms with Gasteiger partial charge in [-0.05, 0) is 77.0 Å². The number of carbonyl (C=O) groups excluding carboxylic acids is 2. The van der Waals surface area contributed by atoms with Crippen molar-refractivity contribution in [1.29, 1.82) is 0 Å². The molecule has 0 saturated heterocycles. The summed E-state index contributed by atoms with van der Waals surface area (Å²) in [5, 5.41) is 50.0. The Hall–Kier alpha value is -2.19. The van der Waals surface area contributed by atoms with Crippen LogP contribution >= 0.6 is 7.82 Å². The van der Waals surface area contributed by atoms with E-state index in [1.54, 1.807) is 0 Å². The van der Waals surface area contributed by atoms with Crippen molar-refractivity contribution in [2.75, 3.05) is 13.2 Å². The maximum atomic E-state index is 12.7. The van der Waals surface area contributed by atoms with Gasteiger partial charge in [0.05, 0.1) is 6.61 Å². The Kier molecular flexibility index (Phi) is 32.9. The van der Waals surface area contributed by atoms with E-state index in [4.69, 9.17) is 18.5 Å². The molecule has 342 valence electrons. The molecule has 1 aliphatic carbocycles. The largest absolute Gasteiger partial charge is 0.756 e. The van der Waals surface area contributed by atoms with Crippen LogP contribution in [-0.4, -0.2) is 93.4 Å². The second kappa shape index (κ2) is 35.4. The van der Waals surface area contributed by atoms with E-state index in [0.717, 1.165) is 89.9 Å². The van der Waals surface area contributed by atoms with Crippen molar-refractivity contribution in [3.05, 3.63) is 48.6 Å². The Bertz CT molecular complexity index is 1220. The summed E-state index contributed by atoms with van der Waals surface area (Å²) >= 11 is 0. The Labute approximate surface area is 354 Å². The molecule has 1 saturated carbocycles. The number of carbonyl (C=O) groups is 2. The molecular formula is C45H78O13P-. The zero-order valence-corrected chi connectivity index (χ0v) is 36.9. The van der Waals surface area contributed by atoms with Gasteiger partial charge in [-0.1, -0.05) is 127 Å². The van der Waals surface area contributed by atoms with Crippen molar-refractivity contribution in [2.45, 2.75) is 211 Å². The van der Waals surface area contributed by atoms with Gasteiger partial charge in [-0.15, -0.1) is 0 Å². The summed E-state index contributed by atoms with van der Waals surface area (Å²) in [5.41, 5.74) is 0. The normalized spacial score (nSPS) is 22.8. The minimum Gasteiger partial charge on any atom is -0.756 e. The predicted octanol–water partition coefficient (Wildman–Crippen LogP) is 7.76. The highest BCUT2D eigenvalue weighted by atomic mass is 31.2. The topological polar surface area (TPSA) is 212 Å². The molecule has 3 unspecified atom stereocenters. The zero-order valence-electron chi connectivity index (χ0n) is 36.0. The molecule has 13 nitrogen and oxygen atoms in total. The van der Waals surface area contributed by atoms with Gasteiger partial charge in [0.2, 0.25) is 0 Å². The quantitative estimate of drug-likeness (QED) is 0.0177. The highest BCUT2D eigenvalue weighted by Crippen LogP contribution is 2.43. The second-order valence-electron chi connectivity index (χ2n) is 15.5. The van der Waals surface area contributed by atoms with Crippen molar-refractivity contribution in [3.63, 3.8) is 0 Å². The smallest absolute Gasteiger partial charge is 0.306 e. The summed E-state index contributed by atoms with van der Waals surface area (Å²) in [5.74, 6) is -1.17. The highest BCUT2D eigenvalue weighted by molar-refractivity contribution is 7.45. The Morgan fingerprint density at radius 2 is 0.932 bits per heavy atom. The van der Waals surface area contributed by atoms with E-state index in [1.807, 2.05) is 0 Å². The number of aliphatic hydroxyl groups excluding tert-OH is 5. The number of aliphatic hydroxyl groups is 5. The zero-order chi connectivity index (χ0) is 43.6. The molecule has 0 spiro atoms. The Balaban J connectivity index is 2.50. The molecule has 0 bridgehead atoms. The number of phosphoric ester groups is 1. The summed E-state index contributed by atoms with van der Waals surface area (Å²) in [6.07, 6.45) is 26.9. The maximum absolute atomic E-state index is 12.7. The van der Waals surface area contributed by atoms with E-state index in [9.17, 15) is 44.6 Å². The number of phosphoric acid groups is 1. The second-order valence-corrected chi connectivity index (χ2v) is 16.9. The Morgan fingerprint density at radius 1 is 0.542 bits per heavy atom. The van der Waals surface area contributed by atoms with Crippen molar-refractivity contribution in [2.24, 2.45) is 0 Å². The van der Waals surface area contributed by atoms with Crippen LogP contribution < -0.4 is 4.89 Å². The minimum absolute atomic E-state index is 0.0605. The van der Waals surface area contributed by atoms with Gasteiger partial charge in [-0.2, -0.15) is 0 Å². The van der Waals surface area contributed by atoms with Crippen LogP contribution in [0.2, 0.25) is 0 Å². The van der Waals surface area contributed by atoms with E-state index < -0.39 is 75.7 Å². The van der Waals surface area contributed by atoms with E-state index in [-0.39, 0.29) is 12.8 Å². The average Bonchev–Trinajstić information content (AvgIpc) is 3.21. The molecule has 14 heteroatoms. The molecule has 1 rings (SSSR count). The third-order valence-corrected chi connectivity index (χ3v) is 11.1. The van der Waals surface area contributed by atoms with Gasteiger partial charge in [-0.25, -0.2) is 0 Å². The van der Waals surface area contributed by atoms with Crippen LogP contribution in [0, 0.1) is 0 Å². The van der Waals surface area contributed by atoms with Gasteiger partial charge in [-0.3, -0.25) is 14.2 Å². The number of unbranched alkanes of at least 4 members (excludes halogenated alkanes) is 16. The van der Waals surface area contributed by atoms with Crippen molar-refractivity contribution < 1.29 is 63.1 Å². The summed E-state index contributed by atoms with van der Waals surface area (Å²) in [6.45, 7) is 3.12. The highest BCUT2D eigenvalue weighted by Gasteiger charge is 2.50. The molecule has 0 aliphatic heterocycles. The number of allylic oxidation sites excluding steroid dienone is 8. The standard InChI is InChI=1S/C45H79O13P/c1-3-5-7-9-11-13-15-17-19-21-23-25-27-29-31-33-38(46)55-35-37(36-56-59(53,54)58-45-43(51)41(49)40(48)42(50)44(45)52)57-39(47)34-32-30-28-26-24-22-20-18-16-14-12-10-8-6-4-2/h11-14,17-20,37,40-45,48-52H,3-10,15-16,21-36H2,1-2H3,(H,53,54)/p-1/b13-11-,14-12-,19-17-,20-18-/t37-,40?,41-,42+,43-,44-,45?/m1/s1. The molecule has 0 amide bonds. The van der Waals surface area contributed by atoms with E-state index in [2.05, 4.69) is 62.5 Å². The first-order valence-electron chi connectivity index (χ1n) is 22.4. The SMILES string of the molecule is CCCCC/C=C\C/C=C\CCCCCCCC(=O)OC[C@H](COP(=O)([O-])OC1[C@H](O)[C@H](O)C(O)[C@H](O)[C@H]1O)OC(=O)CCCCCCC/C=C\C/C=C\CCCCC. The molecule has 1 aliphatic rings. The molecule has 1 fully saturated rings. The fraction of sp³-hybridized carbons (Fsp3) is 0.778. The molecule has 0 aromatic carbocycles. The van der Waals surface area contributed by atoms with Gasteiger partial charge >= 0.3 is 11.9 Å². The fourth-order valence-electron chi connectivity index (χ4n) is 6.46. The van der Waals surface area contributed by atoms with Crippen LogP contribution in [0.25, 0.3) is 0 Å². The summed E-state index contributed by atoms with van der Waals surface area (Å²) in [4.78, 5) is 37.9. The van der Waals surface area contributed by atoms with Crippen LogP contribution in [0.3, 0.4) is 0 Å². The number of ether oxygens (including phenoxy) is 2. The number of hydrogen-bond donors (Lipinski definition) is 5. The van der Waals surface area contributed by atoms with Gasteiger partial charge in [0.25, 0.3) is 7.82 Å². The monoisotopic (exact) mass is 858 g/mol. The summed E-state index contributed by atoms with van der Waals surface area (Å²) in [6, 6.07) is 0. The van der Waals surface area contributed by atoms with Crippen molar-refractivity contribution in [1.82, 2.24) is 0 Å². The van der Waals surface area contributed by atoms with E-state index in [0.29, 0.717) is 12.8 Å². The molecule has 0 aromatic rings. The molecule has 0 aromatic heterocycles. The number of esters is 2. The molecular weight excluding hydrogens is 779 g/mol. The molecule has 0 radical (unpaired) electrons. The van der Waals surface area contributed by atoms with Crippen LogP contribution in [0.1, 0.15) is 168 Å². The number of rotatable bonds is 36. The van der Waals surface area contributed by atoms with Gasteiger partial charge < -0.3 is 48.9 Å². The predicted molar refractivity (Wildman–Crippen MR) is 228 cm³/mol. The molecule has 8 atom stereocenters. The van der Waals surface area contributed by atoms with Crippen LogP contribution in [0.5, 0.6) is 0 Å². The first-order valence-corrected chi connectivity index (χ1v) is 23.9. The van der Waals surface area contributed by atoms with Crippen molar-refractivity contribution >= 4 is 19.8 Å². The molecule has 0 heterocycles.